The molecule has 0 aromatic rings. The van der Waals surface area contributed by atoms with Crippen molar-refractivity contribution >= 4 is 0 Å². The molecule has 0 aromatic carbocycles. The van der Waals surface area contributed by atoms with Crippen LogP contribution in [0.4, 0.5) is 0 Å². The van der Waals surface area contributed by atoms with Gasteiger partial charge in [-0.25, -0.2) is 9.91 Å². The van der Waals surface area contributed by atoms with E-state index in [9.17, 15) is 0 Å². The fourth-order valence-electron chi connectivity index (χ4n) is 4.71. The monoisotopic (exact) mass is 352 g/mol. The van der Waals surface area contributed by atoms with Crippen LogP contribution in [0.1, 0.15) is 26.7 Å². The number of likely N-dealkylation sites (N-methyl/N-ethyl adjacent to an activating group) is 2. The van der Waals surface area contributed by atoms with Gasteiger partial charge in [0.2, 0.25) is 0 Å². The van der Waals surface area contributed by atoms with Gasteiger partial charge in [0.25, 0.3) is 0 Å². The summed E-state index contributed by atoms with van der Waals surface area (Å²) in [4.78, 5) is 7.74. The Hall–Kier alpha value is -0.240. The van der Waals surface area contributed by atoms with Crippen LogP contribution in [0.25, 0.3) is 0 Å². The molecule has 3 fully saturated rings. The molecule has 6 nitrogen and oxygen atoms in total. The summed E-state index contributed by atoms with van der Waals surface area (Å²) in [5.74, 6) is 0. The van der Waals surface area contributed by atoms with Gasteiger partial charge in [-0.15, -0.1) is 0 Å². The molecule has 3 heterocycles. The molecule has 0 spiro atoms. The minimum atomic E-state index is 0.431. The molecule has 3 aliphatic rings. The maximum Gasteiger partial charge on any atom is 0.128 e. The summed E-state index contributed by atoms with van der Waals surface area (Å²) < 4.78 is 1.17. The van der Waals surface area contributed by atoms with E-state index in [2.05, 4.69) is 40.6 Å². The van der Waals surface area contributed by atoms with Crippen LogP contribution in [0.3, 0.4) is 0 Å². The third-order valence-electron chi connectivity index (χ3n) is 6.68. The van der Waals surface area contributed by atoms with E-state index < -0.39 is 0 Å². The molecule has 0 aromatic heterocycles. The van der Waals surface area contributed by atoms with Gasteiger partial charge in [-0.05, 0) is 26.9 Å². The van der Waals surface area contributed by atoms with Gasteiger partial charge in [0, 0.05) is 39.3 Å². The zero-order chi connectivity index (χ0) is 17.7. The summed E-state index contributed by atoms with van der Waals surface area (Å²) in [5.41, 5.74) is 0. The summed E-state index contributed by atoms with van der Waals surface area (Å²) in [6.07, 6.45) is 3.09. The molecule has 145 valence electrons. The van der Waals surface area contributed by atoms with Crippen molar-refractivity contribution in [2.24, 2.45) is 0 Å². The molecular formula is C19H40N6+. The molecule has 0 N–H and O–H groups in total. The maximum atomic E-state index is 5.03. The van der Waals surface area contributed by atoms with Gasteiger partial charge in [-0.2, -0.15) is 5.01 Å². The Morgan fingerprint density at radius 3 is 2.32 bits per heavy atom. The second kappa shape index (κ2) is 9.11. The molecule has 25 heavy (non-hydrogen) atoms. The van der Waals surface area contributed by atoms with Gasteiger partial charge >= 0.3 is 0 Å². The van der Waals surface area contributed by atoms with Crippen LogP contribution >= 0.6 is 0 Å². The Kier molecular flexibility index (Phi) is 7.11. The lowest BCUT2D eigenvalue weighted by Gasteiger charge is -2.53. The second-order valence-electron chi connectivity index (χ2n) is 8.19. The van der Waals surface area contributed by atoms with Gasteiger partial charge in [0.1, 0.15) is 19.3 Å². The lowest BCUT2D eigenvalue weighted by atomic mass is 10.2. The second-order valence-corrected chi connectivity index (χ2v) is 8.19. The summed E-state index contributed by atoms with van der Waals surface area (Å²) in [7, 11) is 2.24. The normalized spacial score (nSPS) is 34.4. The van der Waals surface area contributed by atoms with E-state index >= 15 is 0 Å². The van der Waals surface area contributed by atoms with Crippen LogP contribution < -0.4 is 5.32 Å². The molecule has 2 atom stereocenters. The molecule has 0 bridgehead atoms. The van der Waals surface area contributed by atoms with Crippen molar-refractivity contribution in [1.82, 2.24) is 25.0 Å². The fraction of sp³-hybridized carbons (Fsp3) is 1.00. The highest BCUT2D eigenvalue weighted by molar-refractivity contribution is 4.79. The van der Waals surface area contributed by atoms with Crippen molar-refractivity contribution in [1.29, 1.82) is 0 Å². The molecule has 3 rings (SSSR count). The van der Waals surface area contributed by atoms with Crippen LogP contribution in [-0.4, -0.2) is 123 Å². The van der Waals surface area contributed by atoms with Gasteiger partial charge in [0.15, 0.2) is 0 Å². The zero-order valence-electron chi connectivity index (χ0n) is 16.9. The van der Waals surface area contributed by atoms with Crippen LogP contribution in [0.15, 0.2) is 0 Å². The molecule has 0 amide bonds. The summed E-state index contributed by atoms with van der Waals surface area (Å²) in [5, 5.41) is 7.80. The van der Waals surface area contributed by atoms with Gasteiger partial charge in [-0.1, -0.05) is 13.3 Å². The third-order valence-corrected chi connectivity index (χ3v) is 6.68. The molecule has 6 heteroatoms. The number of nitrogens with zero attached hydrogens (tertiary/aromatic N) is 6. The van der Waals surface area contributed by atoms with E-state index in [4.69, 9.17) is 5.32 Å². The first-order valence-corrected chi connectivity index (χ1v) is 10.6. The highest BCUT2D eigenvalue weighted by Gasteiger charge is 2.43. The molecule has 3 saturated heterocycles. The first-order chi connectivity index (χ1) is 12.2. The number of quaternary nitrogens is 1. The smallest absolute Gasteiger partial charge is 0.128 e. The van der Waals surface area contributed by atoms with Gasteiger partial charge < -0.3 is 9.80 Å². The number of unbranched alkanes of at least 4 members (excludes halogenated alkanes) is 1. The lowest BCUT2D eigenvalue weighted by molar-refractivity contribution is -1.04. The third kappa shape index (κ3) is 4.73. The average molecular weight is 353 g/mol. The van der Waals surface area contributed by atoms with Crippen molar-refractivity contribution in [3.8, 4) is 0 Å². The highest BCUT2D eigenvalue weighted by Crippen LogP contribution is 2.22. The van der Waals surface area contributed by atoms with Crippen LogP contribution in [0, 0.1) is 0 Å². The van der Waals surface area contributed by atoms with Crippen LogP contribution in [0.2, 0.25) is 0 Å². The number of hydrogen-bond acceptors (Lipinski definition) is 4. The van der Waals surface area contributed by atoms with Crippen molar-refractivity contribution in [2.45, 2.75) is 32.9 Å². The quantitative estimate of drug-likeness (QED) is 0.645. The Balaban J connectivity index is 1.56. The van der Waals surface area contributed by atoms with Crippen molar-refractivity contribution in [3.05, 3.63) is 0 Å². The Morgan fingerprint density at radius 2 is 1.68 bits per heavy atom. The minimum Gasteiger partial charge on any atom is -0.304 e. The van der Waals surface area contributed by atoms with E-state index in [0.717, 1.165) is 6.54 Å². The minimum absolute atomic E-state index is 0.431. The Morgan fingerprint density at radius 1 is 0.960 bits per heavy atom. The van der Waals surface area contributed by atoms with Gasteiger partial charge in [-0.3, -0.25) is 4.90 Å². The van der Waals surface area contributed by atoms with Gasteiger partial charge in [0.05, 0.1) is 26.2 Å². The SMILES string of the molecule is CCCCN1CCN([N+]2(CC)CC[N]C(N3CCN(C)CC3)C2)CC1. The predicted molar refractivity (Wildman–Crippen MR) is 103 cm³/mol. The Bertz CT molecular complexity index is 389. The summed E-state index contributed by atoms with van der Waals surface area (Å²) in [6, 6.07) is 0. The predicted octanol–water partition coefficient (Wildman–Crippen LogP) is 0.347. The largest absolute Gasteiger partial charge is 0.304 e. The zero-order valence-corrected chi connectivity index (χ0v) is 16.9. The van der Waals surface area contributed by atoms with Crippen molar-refractivity contribution < 1.29 is 4.59 Å². The maximum absolute atomic E-state index is 5.03. The summed E-state index contributed by atoms with van der Waals surface area (Å²) >= 11 is 0. The summed E-state index contributed by atoms with van der Waals surface area (Å²) in [6.45, 7) is 20.3. The van der Waals surface area contributed by atoms with E-state index in [1.807, 2.05) is 0 Å². The topological polar surface area (TPSA) is 27.1 Å². The molecule has 2 unspecified atom stereocenters. The first kappa shape index (κ1) is 19.5. The first-order valence-electron chi connectivity index (χ1n) is 10.6. The molecule has 0 saturated carbocycles. The molecule has 1 radical (unpaired) electrons. The molecule has 3 aliphatic heterocycles. The standard InChI is InChI=1S/C19H40N6/c1-4-6-8-22-11-15-24(16-12-22)25(5-2)17-7-20-19(18-25)23-13-9-21(3)10-14-23/h19H,4-18H2,1-3H3/q+1. The number of piperazine rings is 3. The average Bonchev–Trinajstić information content (AvgIpc) is 2.67. The van der Waals surface area contributed by atoms with E-state index in [1.54, 1.807) is 0 Å². The lowest BCUT2D eigenvalue weighted by Crippen LogP contribution is -2.73. The molecular weight excluding hydrogens is 312 g/mol. The van der Waals surface area contributed by atoms with Crippen LogP contribution in [0.5, 0.6) is 0 Å². The number of rotatable bonds is 6. The van der Waals surface area contributed by atoms with Crippen LogP contribution in [-0.2, 0) is 0 Å². The van der Waals surface area contributed by atoms with Crippen molar-refractivity contribution in [3.63, 3.8) is 0 Å². The molecule has 0 aliphatic carbocycles. The fourth-order valence-corrected chi connectivity index (χ4v) is 4.71. The van der Waals surface area contributed by atoms with Crippen molar-refractivity contribution in [2.75, 3.05) is 92.1 Å². The van der Waals surface area contributed by atoms with E-state index in [-0.39, 0.29) is 0 Å². The number of hydrogen-bond donors (Lipinski definition) is 0. The van der Waals surface area contributed by atoms with E-state index in [1.165, 1.54) is 96.0 Å². The Labute approximate surface area is 155 Å². The van der Waals surface area contributed by atoms with E-state index in [0.29, 0.717) is 6.17 Å². The highest BCUT2D eigenvalue weighted by atomic mass is 15.8.